The van der Waals surface area contributed by atoms with Gasteiger partial charge in [-0.05, 0) is 50.6 Å². The second-order valence-corrected chi connectivity index (χ2v) is 6.11. The summed E-state index contributed by atoms with van der Waals surface area (Å²) in [4.78, 5) is 18.9. The van der Waals surface area contributed by atoms with Crippen molar-refractivity contribution in [2.24, 2.45) is 5.92 Å². The highest BCUT2D eigenvalue weighted by Gasteiger charge is 2.25. The molecule has 1 aliphatic heterocycles. The Kier molecular flexibility index (Phi) is 5.43. The number of amides is 1. The Hall–Kier alpha value is -2.40. The summed E-state index contributed by atoms with van der Waals surface area (Å²) in [6.45, 7) is 2.52. The van der Waals surface area contributed by atoms with Gasteiger partial charge in [-0.15, -0.1) is 0 Å². The maximum atomic E-state index is 12.7. The lowest BCUT2D eigenvalue weighted by Crippen LogP contribution is -2.42. The summed E-state index contributed by atoms with van der Waals surface area (Å²) in [7, 11) is 1.95. The van der Waals surface area contributed by atoms with Gasteiger partial charge >= 0.3 is 0 Å². The molecule has 1 aromatic carbocycles. The number of nitrogens with zero attached hydrogens (tertiary/aromatic N) is 2. The van der Waals surface area contributed by atoms with Crippen LogP contribution in [0.1, 0.15) is 23.3 Å². The van der Waals surface area contributed by atoms with Gasteiger partial charge in [0.2, 0.25) is 0 Å². The fourth-order valence-corrected chi connectivity index (χ4v) is 3.08. The average molecular weight is 325 g/mol. The number of hydrogen-bond donors (Lipinski definition) is 1. The molecule has 0 bridgehead atoms. The average Bonchev–Trinajstić information content (AvgIpc) is 2.63. The van der Waals surface area contributed by atoms with Crippen molar-refractivity contribution in [2.45, 2.75) is 12.8 Å². The molecule has 1 N–H and O–H groups in total. The van der Waals surface area contributed by atoms with E-state index in [0.717, 1.165) is 38.2 Å². The van der Waals surface area contributed by atoms with Gasteiger partial charge in [0, 0.05) is 25.4 Å². The Morgan fingerprint density at radius 3 is 2.92 bits per heavy atom. The van der Waals surface area contributed by atoms with Gasteiger partial charge in [0.1, 0.15) is 17.2 Å². The molecular weight excluding hydrogens is 302 g/mol. The molecule has 126 valence electrons. The number of hydrogen-bond acceptors (Lipinski definition) is 4. The summed E-state index contributed by atoms with van der Waals surface area (Å²) in [5.41, 5.74) is 0.438. The third-order valence-corrected chi connectivity index (χ3v) is 4.23. The van der Waals surface area contributed by atoms with E-state index in [0.29, 0.717) is 17.4 Å². The maximum Gasteiger partial charge on any atom is 0.272 e. The van der Waals surface area contributed by atoms with E-state index in [4.69, 9.17) is 4.74 Å². The van der Waals surface area contributed by atoms with E-state index >= 15 is 0 Å². The molecule has 1 atom stereocenters. The van der Waals surface area contributed by atoms with Gasteiger partial charge in [0.15, 0.2) is 0 Å². The van der Waals surface area contributed by atoms with Crippen molar-refractivity contribution < 1.29 is 9.53 Å². The van der Waals surface area contributed by atoms with Gasteiger partial charge < -0.3 is 15.0 Å². The smallest absolute Gasteiger partial charge is 0.272 e. The molecule has 5 heteroatoms. The van der Waals surface area contributed by atoms with Crippen molar-refractivity contribution in [1.82, 2.24) is 15.2 Å². The van der Waals surface area contributed by atoms with E-state index < -0.39 is 0 Å². The largest absolute Gasteiger partial charge is 0.457 e. The summed E-state index contributed by atoms with van der Waals surface area (Å²) in [6.07, 6.45) is 3.83. The van der Waals surface area contributed by atoms with Gasteiger partial charge in [0.05, 0.1) is 0 Å². The summed E-state index contributed by atoms with van der Waals surface area (Å²) in [5.74, 6) is 1.86. The highest BCUT2D eigenvalue weighted by Crippen LogP contribution is 2.22. The molecule has 0 spiro atoms. The van der Waals surface area contributed by atoms with Crippen LogP contribution in [0.2, 0.25) is 0 Å². The second-order valence-electron chi connectivity index (χ2n) is 6.11. The molecule has 1 saturated heterocycles. The molecule has 1 aliphatic rings. The van der Waals surface area contributed by atoms with Crippen LogP contribution in [-0.2, 0) is 0 Å². The molecule has 3 rings (SSSR count). The zero-order chi connectivity index (χ0) is 16.8. The lowest BCUT2D eigenvalue weighted by Gasteiger charge is -2.32. The Balaban J connectivity index is 1.70. The molecule has 0 radical (unpaired) electrons. The van der Waals surface area contributed by atoms with Gasteiger partial charge in [-0.25, -0.2) is 0 Å². The number of carbonyl (C=O) groups excluding carboxylic acids is 1. The zero-order valence-electron chi connectivity index (χ0n) is 13.9. The quantitative estimate of drug-likeness (QED) is 0.918. The highest BCUT2D eigenvalue weighted by molar-refractivity contribution is 5.92. The van der Waals surface area contributed by atoms with Crippen LogP contribution < -0.4 is 10.1 Å². The monoisotopic (exact) mass is 325 g/mol. The molecule has 0 unspecified atom stereocenters. The number of benzene rings is 1. The number of aromatic nitrogens is 1. The molecule has 5 nitrogen and oxygen atoms in total. The third kappa shape index (κ3) is 4.11. The number of para-hydroxylation sites is 1. The predicted octanol–water partition coefficient (Wildman–Crippen LogP) is 2.95. The Morgan fingerprint density at radius 1 is 1.29 bits per heavy atom. The van der Waals surface area contributed by atoms with E-state index in [-0.39, 0.29) is 5.91 Å². The number of likely N-dealkylation sites (tertiary alicyclic amines) is 1. The topological polar surface area (TPSA) is 54.5 Å². The minimum atomic E-state index is -0.0192. The van der Waals surface area contributed by atoms with Crippen LogP contribution in [0, 0.1) is 5.92 Å². The first-order chi connectivity index (χ1) is 11.8. The minimum absolute atomic E-state index is 0.0192. The van der Waals surface area contributed by atoms with Crippen LogP contribution >= 0.6 is 0 Å². The minimum Gasteiger partial charge on any atom is -0.457 e. The maximum absolute atomic E-state index is 12.7. The molecule has 24 heavy (non-hydrogen) atoms. The van der Waals surface area contributed by atoms with Crippen LogP contribution in [0.5, 0.6) is 11.5 Å². The summed E-state index contributed by atoms with van der Waals surface area (Å²) >= 11 is 0. The molecule has 1 fully saturated rings. The Bertz CT molecular complexity index is 673. The molecule has 1 aromatic heterocycles. The van der Waals surface area contributed by atoms with Crippen LogP contribution in [0.15, 0.2) is 48.7 Å². The van der Waals surface area contributed by atoms with Crippen LogP contribution in [0.3, 0.4) is 0 Å². The van der Waals surface area contributed by atoms with Crippen LogP contribution in [-0.4, -0.2) is 42.5 Å². The van der Waals surface area contributed by atoms with Crippen molar-refractivity contribution in [3.05, 3.63) is 54.4 Å². The van der Waals surface area contributed by atoms with Crippen molar-refractivity contribution in [1.29, 1.82) is 0 Å². The zero-order valence-corrected chi connectivity index (χ0v) is 13.9. The number of piperidine rings is 1. The number of rotatable bonds is 5. The first-order valence-corrected chi connectivity index (χ1v) is 8.39. The molecule has 0 saturated carbocycles. The third-order valence-electron chi connectivity index (χ3n) is 4.23. The first-order valence-electron chi connectivity index (χ1n) is 8.39. The summed E-state index contributed by atoms with van der Waals surface area (Å²) in [6, 6.07) is 13.0. The van der Waals surface area contributed by atoms with Gasteiger partial charge in [0.25, 0.3) is 5.91 Å². The van der Waals surface area contributed by atoms with E-state index in [1.807, 2.05) is 42.3 Å². The lowest BCUT2D eigenvalue weighted by atomic mass is 9.98. The summed E-state index contributed by atoms with van der Waals surface area (Å²) in [5, 5.41) is 3.20. The number of pyridine rings is 1. The van der Waals surface area contributed by atoms with E-state index in [1.54, 1.807) is 18.3 Å². The van der Waals surface area contributed by atoms with Gasteiger partial charge in [-0.1, -0.05) is 18.2 Å². The number of ether oxygens (including phenoxy) is 1. The molecule has 1 amide bonds. The van der Waals surface area contributed by atoms with E-state index in [2.05, 4.69) is 10.3 Å². The fourth-order valence-electron chi connectivity index (χ4n) is 3.08. The van der Waals surface area contributed by atoms with E-state index in [1.165, 1.54) is 0 Å². The van der Waals surface area contributed by atoms with Crippen molar-refractivity contribution in [3.8, 4) is 11.5 Å². The summed E-state index contributed by atoms with van der Waals surface area (Å²) < 4.78 is 5.80. The first kappa shape index (κ1) is 16.5. The number of carbonyl (C=O) groups is 1. The molecule has 0 aliphatic carbocycles. The lowest BCUT2D eigenvalue weighted by molar-refractivity contribution is 0.0668. The molecule has 2 heterocycles. The highest BCUT2D eigenvalue weighted by atomic mass is 16.5. The standard InChI is InChI=1S/C19H23N3O2/c1-20-13-15-6-5-11-22(14-15)19(23)18-12-17(9-10-21-18)24-16-7-3-2-4-8-16/h2-4,7-10,12,15,20H,5-6,11,13-14H2,1H3/t15-/m0/s1. The van der Waals surface area contributed by atoms with Crippen molar-refractivity contribution in [2.75, 3.05) is 26.7 Å². The van der Waals surface area contributed by atoms with Gasteiger partial charge in [-0.3, -0.25) is 9.78 Å². The predicted molar refractivity (Wildman–Crippen MR) is 93.3 cm³/mol. The van der Waals surface area contributed by atoms with Crippen LogP contribution in [0.4, 0.5) is 0 Å². The Morgan fingerprint density at radius 2 is 2.12 bits per heavy atom. The SMILES string of the molecule is CNC[C@@H]1CCCN(C(=O)c2cc(Oc3ccccc3)ccn2)C1. The van der Waals surface area contributed by atoms with Crippen molar-refractivity contribution in [3.63, 3.8) is 0 Å². The van der Waals surface area contributed by atoms with Crippen molar-refractivity contribution >= 4 is 5.91 Å². The second kappa shape index (κ2) is 7.93. The molecular formula is C19H23N3O2. The normalized spacial score (nSPS) is 17.5. The van der Waals surface area contributed by atoms with E-state index in [9.17, 15) is 4.79 Å². The van der Waals surface area contributed by atoms with Crippen LogP contribution in [0.25, 0.3) is 0 Å². The fraction of sp³-hybridized carbons (Fsp3) is 0.368. The Labute approximate surface area is 142 Å². The van der Waals surface area contributed by atoms with Gasteiger partial charge in [-0.2, -0.15) is 0 Å². The molecule has 2 aromatic rings. The number of nitrogens with one attached hydrogen (secondary N) is 1.